The van der Waals surface area contributed by atoms with Crippen LogP contribution in [-0.2, 0) is 16.6 Å². The molecule has 0 radical (unpaired) electrons. The maximum absolute atomic E-state index is 12.2. The highest BCUT2D eigenvalue weighted by atomic mass is 32.2. The molecule has 100 valence electrons. The average molecular weight is 268 g/mol. The molecule has 0 aromatic heterocycles. The number of hydrogen-bond donors (Lipinski definition) is 1. The van der Waals surface area contributed by atoms with Crippen LogP contribution in [0.1, 0.15) is 31.7 Å². The average Bonchev–Trinajstić information content (AvgIpc) is 3.09. The third-order valence-corrected chi connectivity index (χ3v) is 5.13. The fourth-order valence-corrected chi connectivity index (χ4v) is 3.82. The lowest BCUT2D eigenvalue weighted by atomic mass is 10.2. The topological polar surface area (TPSA) is 63.4 Å². The molecule has 0 spiro atoms. The van der Waals surface area contributed by atoms with Gasteiger partial charge in [-0.1, -0.05) is 19.1 Å². The van der Waals surface area contributed by atoms with E-state index in [9.17, 15) is 8.42 Å². The van der Waals surface area contributed by atoms with Crippen molar-refractivity contribution in [1.29, 1.82) is 0 Å². The lowest BCUT2D eigenvalue weighted by Gasteiger charge is -2.21. The number of sulfonamides is 1. The van der Waals surface area contributed by atoms with Crippen molar-refractivity contribution < 1.29 is 8.42 Å². The largest absolute Gasteiger partial charge is 0.399 e. The predicted octanol–water partition coefficient (Wildman–Crippen LogP) is 1.97. The zero-order valence-electron chi connectivity index (χ0n) is 10.7. The molecule has 1 aromatic rings. The van der Waals surface area contributed by atoms with E-state index in [1.165, 1.54) is 0 Å². The summed E-state index contributed by atoms with van der Waals surface area (Å²) in [4.78, 5) is 0. The van der Waals surface area contributed by atoms with Crippen LogP contribution in [0.5, 0.6) is 0 Å². The molecule has 0 aliphatic heterocycles. The molecule has 0 unspecified atom stereocenters. The van der Waals surface area contributed by atoms with Crippen molar-refractivity contribution in [2.75, 3.05) is 11.5 Å². The molecule has 1 saturated carbocycles. The SMILES string of the molecule is CCCS(=O)(=O)N(Cc1cccc(N)c1)C1CC1. The fourth-order valence-electron chi connectivity index (χ4n) is 2.06. The second-order valence-electron chi connectivity index (χ2n) is 4.84. The van der Waals surface area contributed by atoms with Crippen LogP contribution in [0.4, 0.5) is 5.69 Å². The van der Waals surface area contributed by atoms with Crippen LogP contribution in [-0.4, -0.2) is 24.5 Å². The van der Waals surface area contributed by atoms with Gasteiger partial charge in [-0.3, -0.25) is 0 Å². The van der Waals surface area contributed by atoms with Gasteiger partial charge in [0.1, 0.15) is 0 Å². The number of rotatable bonds is 6. The normalized spacial score (nSPS) is 16.1. The molecule has 2 rings (SSSR count). The van der Waals surface area contributed by atoms with Crippen LogP contribution in [0.15, 0.2) is 24.3 Å². The third-order valence-electron chi connectivity index (χ3n) is 3.06. The molecule has 0 heterocycles. The van der Waals surface area contributed by atoms with Crippen molar-refractivity contribution in [3.8, 4) is 0 Å². The monoisotopic (exact) mass is 268 g/mol. The Morgan fingerprint density at radius 3 is 2.67 bits per heavy atom. The summed E-state index contributed by atoms with van der Waals surface area (Å²) < 4.78 is 26.0. The summed E-state index contributed by atoms with van der Waals surface area (Å²) in [6.07, 6.45) is 2.61. The summed E-state index contributed by atoms with van der Waals surface area (Å²) in [5.41, 5.74) is 7.36. The van der Waals surface area contributed by atoms with Crippen LogP contribution in [0.3, 0.4) is 0 Å². The third kappa shape index (κ3) is 3.23. The van der Waals surface area contributed by atoms with Gasteiger partial charge in [0.2, 0.25) is 10.0 Å². The second-order valence-corrected chi connectivity index (χ2v) is 6.88. The highest BCUT2D eigenvalue weighted by Crippen LogP contribution is 2.31. The van der Waals surface area contributed by atoms with E-state index in [2.05, 4.69) is 0 Å². The summed E-state index contributed by atoms with van der Waals surface area (Å²) >= 11 is 0. The van der Waals surface area contributed by atoms with Gasteiger partial charge in [0.15, 0.2) is 0 Å². The second kappa shape index (κ2) is 5.28. The molecule has 1 aromatic carbocycles. The number of nitrogen functional groups attached to an aromatic ring is 1. The molecule has 18 heavy (non-hydrogen) atoms. The molecule has 5 heteroatoms. The van der Waals surface area contributed by atoms with Crippen molar-refractivity contribution in [3.05, 3.63) is 29.8 Å². The Kier molecular flexibility index (Phi) is 3.92. The van der Waals surface area contributed by atoms with E-state index in [4.69, 9.17) is 5.73 Å². The van der Waals surface area contributed by atoms with Crippen molar-refractivity contribution in [1.82, 2.24) is 4.31 Å². The van der Waals surface area contributed by atoms with Gasteiger partial charge >= 0.3 is 0 Å². The van der Waals surface area contributed by atoms with E-state index in [0.717, 1.165) is 18.4 Å². The molecular weight excluding hydrogens is 248 g/mol. The summed E-state index contributed by atoms with van der Waals surface area (Å²) in [6, 6.07) is 7.64. The Balaban J connectivity index is 2.17. The van der Waals surface area contributed by atoms with E-state index in [1.807, 2.05) is 31.2 Å². The molecular formula is C13H20N2O2S. The van der Waals surface area contributed by atoms with Gasteiger partial charge in [0.25, 0.3) is 0 Å². The fraction of sp³-hybridized carbons (Fsp3) is 0.538. The Morgan fingerprint density at radius 1 is 1.39 bits per heavy atom. The lowest BCUT2D eigenvalue weighted by molar-refractivity contribution is 0.398. The summed E-state index contributed by atoms with van der Waals surface area (Å²) in [7, 11) is -3.13. The zero-order valence-corrected chi connectivity index (χ0v) is 11.5. The van der Waals surface area contributed by atoms with Crippen molar-refractivity contribution in [3.63, 3.8) is 0 Å². The van der Waals surface area contributed by atoms with Crippen LogP contribution in [0.2, 0.25) is 0 Å². The molecule has 0 atom stereocenters. The van der Waals surface area contributed by atoms with Crippen molar-refractivity contribution in [2.24, 2.45) is 0 Å². The van der Waals surface area contributed by atoms with Gasteiger partial charge in [-0.15, -0.1) is 0 Å². The molecule has 0 saturated heterocycles. The standard InChI is InChI=1S/C13H20N2O2S/c1-2-8-18(16,17)15(13-6-7-13)10-11-4-3-5-12(14)9-11/h3-5,9,13H,2,6-8,10,14H2,1H3. The minimum absolute atomic E-state index is 0.197. The van der Waals surface area contributed by atoms with Gasteiger partial charge in [0.05, 0.1) is 5.75 Å². The van der Waals surface area contributed by atoms with Crippen LogP contribution >= 0.6 is 0 Å². The molecule has 1 aliphatic carbocycles. The number of nitrogens with two attached hydrogens (primary N) is 1. The van der Waals surface area contributed by atoms with Gasteiger partial charge in [-0.2, -0.15) is 4.31 Å². The van der Waals surface area contributed by atoms with Crippen LogP contribution < -0.4 is 5.73 Å². The summed E-state index contributed by atoms with van der Waals surface area (Å²) in [6.45, 7) is 2.33. The van der Waals surface area contributed by atoms with Crippen molar-refractivity contribution in [2.45, 2.75) is 38.8 Å². The zero-order chi connectivity index (χ0) is 13.2. The number of hydrogen-bond acceptors (Lipinski definition) is 3. The lowest BCUT2D eigenvalue weighted by Crippen LogP contribution is -2.34. The van der Waals surface area contributed by atoms with Gasteiger partial charge in [0, 0.05) is 18.3 Å². The van der Waals surface area contributed by atoms with Gasteiger partial charge < -0.3 is 5.73 Å². The molecule has 1 fully saturated rings. The Hall–Kier alpha value is -1.07. The first-order valence-corrected chi connectivity index (χ1v) is 7.98. The summed E-state index contributed by atoms with van der Waals surface area (Å²) in [5.74, 6) is 0.228. The first-order chi connectivity index (χ1) is 8.53. The van der Waals surface area contributed by atoms with Gasteiger partial charge in [-0.25, -0.2) is 8.42 Å². The number of nitrogens with zero attached hydrogens (tertiary/aromatic N) is 1. The maximum atomic E-state index is 12.2. The molecule has 0 bridgehead atoms. The first kappa shape index (κ1) is 13.4. The van der Waals surface area contributed by atoms with E-state index in [0.29, 0.717) is 18.7 Å². The highest BCUT2D eigenvalue weighted by Gasteiger charge is 2.36. The Morgan fingerprint density at radius 2 is 2.11 bits per heavy atom. The Labute approximate surface area is 109 Å². The van der Waals surface area contributed by atoms with Crippen molar-refractivity contribution >= 4 is 15.7 Å². The predicted molar refractivity (Wildman–Crippen MR) is 73.5 cm³/mol. The molecule has 2 N–H and O–H groups in total. The number of benzene rings is 1. The molecule has 0 amide bonds. The van der Waals surface area contributed by atoms with E-state index < -0.39 is 10.0 Å². The minimum atomic E-state index is -3.13. The van der Waals surface area contributed by atoms with E-state index >= 15 is 0 Å². The number of anilines is 1. The molecule has 4 nitrogen and oxygen atoms in total. The smallest absolute Gasteiger partial charge is 0.214 e. The van der Waals surface area contributed by atoms with E-state index in [-0.39, 0.29) is 11.8 Å². The van der Waals surface area contributed by atoms with Crippen LogP contribution in [0, 0.1) is 0 Å². The minimum Gasteiger partial charge on any atom is -0.399 e. The summed E-state index contributed by atoms with van der Waals surface area (Å²) in [5, 5.41) is 0. The van der Waals surface area contributed by atoms with Gasteiger partial charge in [-0.05, 0) is 37.0 Å². The maximum Gasteiger partial charge on any atom is 0.214 e. The first-order valence-electron chi connectivity index (χ1n) is 6.37. The van der Waals surface area contributed by atoms with Crippen LogP contribution in [0.25, 0.3) is 0 Å². The molecule has 1 aliphatic rings. The Bertz CT molecular complexity index is 509. The highest BCUT2D eigenvalue weighted by molar-refractivity contribution is 7.89. The van der Waals surface area contributed by atoms with E-state index in [1.54, 1.807) is 4.31 Å². The quantitative estimate of drug-likeness (QED) is 0.802.